The van der Waals surface area contributed by atoms with Gasteiger partial charge < -0.3 is 4.90 Å². The monoisotopic (exact) mass is 335 g/mol. The number of allylic oxidation sites excluding steroid dienone is 1. The van der Waals surface area contributed by atoms with Crippen molar-refractivity contribution >= 4 is 27.6 Å². The van der Waals surface area contributed by atoms with Gasteiger partial charge in [0.25, 0.3) is 0 Å². The molecule has 1 amide bonds. The summed E-state index contributed by atoms with van der Waals surface area (Å²) in [6.07, 6.45) is 6.02. The second-order valence-electron chi connectivity index (χ2n) is 5.08. The lowest BCUT2D eigenvalue weighted by atomic mass is 10.0. The van der Waals surface area contributed by atoms with Crippen molar-refractivity contribution in [3.05, 3.63) is 46.5 Å². The summed E-state index contributed by atoms with van der Waals surface area (Å²) in [5.41, 5.74) is 0.587. The molecule has 0 spiro atoms. The maximum Gasteiger partial charge on any atom is 0.246 e. The molecule has 1 aliphatic rings. The molecular formula is C16H18BrNO2. The zero-order chi connectivity index (χ0) is 14.5. The number of carbonyl (C=O) groups is 2. The van der Waals surface area contributed by atoms with Crippen molar-refractivity contribution in [1.29, 1.82) is 0 Å². The first-order valence-electron chi connectivity index (χ1n) is 6.86. The van der Waals surface area contributed by atoms with E-state index in [1.54, 1.807) is 12.1 Å². The molecule has 0 saturated carbocycles. The van der Waals surface area contributed by atoms with Crippen LogP contribution in [-0.4, -0.2) is 29.2 Å². The Hall–Kier alpha value is -1.42. The van der Waals surface area contributed by atoms with Crippen molar-refractivity contribution in [2.45, 2.75) is 32.2 Å². The molecule has 0 bridgehead atoms. The number of ketones is 1. The SMILES string of the molecule is CC1CCCCN1C(=O)/C=C/C(=O)c1ccc(Br)cc1. The molecule has 1 aromatic rings. The van der Waals surface area contributed by atoms with Gasteiger partial charge in [0.05, 0.1) is 0 Å². The van der Waals surface area contributed by atoms with Crippen LogP contribution in [-0.2, 0) is 4.79 Å². The highest BCUT2D eigenvalue weighted by Gasteiger charge is 2.21. The molecule has 106 valence electrons. The van der Waals surface area contributed by atoms with Crippen LogP contribution in [0.4, 0.5) is 0 Å². The molecule has 4 heteroatoms. The number of likely N-dealkylation sites (tertiary alicyclic amines) is 1. The fourth-order valence-electron chi connectivity index (χ4n) is 2.38. The molecule has 1 aromatic carbocycles. The number of benzene rings is 1. The average Bonchev–Trinajstić information content (AvgIpc) is 2.45. The van der Waals surface area contributed by atoms with Gasteiger partial charge in [0.1, 0.15) is 0 Å². The zero-order valence-electron chi connectivity index (χ0n) is 11.5. The van der Waals surface area contributed by atoms with Crippen LogP contribution in [0.15, 0.2) is 40.9 Å². The molecular weight excluding hydrogens is 318 g/mol. The Morgan fingerprint density at radius 3 is 2.55 bits per heavy atom. The Balaban J connectivity index is 1.99. The van der Waals surface area contributed by atoms with E-state index in [4.69, 9.17) is 0 Å². The Morgan fingerprint density at radius 1 is 1.20 bits per heavy atom. The van der Waals surface area contributed by atoms with Gasteiger partial charge >= 0.3 is 0 Å². The fourth-order valence-corrected chi connectivity index (χ4v) is 2.64. The van der Waals surface area contributed by atoms with E-state index in [0.717, 1.165) is 23.9 Å². The third-order valence-electron chi connectivity index (χ3n) is 3.59. The lowest BCUT2D eigenvalue weighted by molar-refractivity contribution is -0.129. The minimum absolute atomic E-state index is 0.0670. The summed E-state index contributed by atoms with van der Waals surface area (Å²) in [4.78, 5) is 25.9. The number of amides is 1. The second-order valence-corrected chi connectivity index (χ2v) is 6.00. The van der Waals surface area contributed by atoms with Crippen molar-refractivity contribution in [1.82, 2.24) is 4.90 Å². The van der Waals surface area contributed by atoms with Gasteiger partial charge in [0.2, 0.25) is 5.91 Å². The third-order valence-corrected chi connectivity index (χ3v) is 4.12. The molecule has 0 radical (unpaired) electrons. The largest absolute Gasteiger partial charge is 0.336 e. The van der Waals surface area contributed by atoms with E-state index in [0.29, 0.717) is 5.56 Å². The average molecular weight is 336 g/mol. The normalized spacial score (nSPS) is 19.3. The summed E-state index contributed by atoms with van der Waals surface area (Å²) in [6, 6.07) is 7.38. The molecule has 0 aromatic heterocycles. The van der Waals surface area contributed by atoms with Crippen LogP contribution in [0.3, 0.4) is 0 Å². The van der Waals surface area contributed by atoms with Gasteiger partial charge in [0.15, 0.2) is 5.78 Å². The second kappa shape index (κ2) is 6.84. The molecule has 0 aliphatic carbocycles. The first-order chi connectivity index (χ1) is 9.58. The minimum atomic E-state index is -0.143. The lowest BCUT2D eigenvalue weighted by Gasteiger charge is -2.32. The van der Waals surface area contributed by atoms with Crippen molar-refractivity contribution in [2.75, 3.05) is 6.54 Å². The molecule has 1 heterocycles. The highest BCUT2D eigenvalue weighted by molar-refractivity contribution is 9.10. The molecule has 3 nitrogen and oxygen atoms in total. The van der Waals surface area contributed by atoms with Gasteiger partial charge in [0, 0.05) is 28.7 Å². The van der Waals surface area contributed by atoms with Gasteiger partial charge in [-0.2, -0.15) is 0 Å². The smallest absolute Gasteiger partial charge is 0.246 e. The third kappa shape index (κ3) is 3.79. The predicted molar refractivity (Wildman–Crippen MR) is 82.6 cm³/mol. The Morgan fingerprint density at radius 2 is 1.90 bits per heavy atom. The summed E-state index contributed by atoms with van der Waals surface area (Å²) in [5, 5.41) is 0. The van der Waals surface area contributed by atoms with Crippen molar-refractivity contribution in [2.24, 2.45) is 0 Å². The predicted octanol–water partition coefficient (Wildman–Crippen LogP) is 3.59. The first-order valence-corrected chi connectivity index (χ1v) is 7.66. The number of piperidine rings is 1. The molecule has 1 fully saturated rings. The van der Waals surface area contributed by atoms with Crippen LogP contribution in [0.1, 0.15) is 36.5 Å². The first kappa shape index (κ1) is 15.0. The number of rotatable bonds is 3. The minimum Gasteiger partial charge on any atom is -0.336 e. The standard InChI is InChI=1S/C16H18BrNO2/c1-12-4-2-3-11-18(12)16(20)10-9-15(19)13-5-7-14(17)8-6-13/h5-10,12H,2-4,11H2,1H3/b10-9+. The fraction of sp³-hybridized carbons (Fsp3) is 0.375. The van der Waals surface area contributed by atoms with E-state index in [2.05, 4.69) is 22.9 Å². The van der Waals surface area contributed by atoms with Crippen molar-refractivity contribution in [3.63, 3.8) is 0 Å². The number of nitrogens with zero attached hydrogens (tertiary/aromatic N) is 1. The molecule has 1 saturated heterocycles. The quantitative estimate of drug-likeness (QED) is 0.625. The number of hydrogen-bond donors (Lipinski definition) is 0. The van der Waals surface area contributed by atoms with Crippen LogP contribution in [0, 0.1) is 0 Å². The van der Waals surface area contributed by atoms with Gasteiger partial charge in [-0.1, -0.05) is 15.9 Å². The van der Waals surface area contributed by atoms with E-state index < -0.39 is 0 Å². The maximum absolute atomic E-state index is 12.1. The topological polar surface area (TPSA) is 37.4 Å². The Labute approximate surface area is 127 Å². The molecule has 20 heavy (non-hydrogen) atoms. The van der Waals surface area contributed by atoms with Gasteiger partial charge in [-0.25, -0.2) is 0 Å². The van der Waals surface area contributed by atoms with Crippen LogP contribution >= 0.6 is 15.9 Å². The van der Waals surface area contributed by atoms with Gasteiger partial charge in [-0.15, -0.1) is 0 Å². The van der Waals surface area contributed by atoms with Gasteiger partial charge in [-0.3, -0.25) is 9.59 Å². The molecule has 1 aliphatic heterocycles. The molecule has 2 rings (SSSR count). The van der Waals surface area contributed by atoms with E-state index in [9.17, 15) is 9.59 Å². The van der Waals surface area contributed by atoms with Crippen LogP contribution in [0.25, 0.3) is 0 Å². The summed E-state index contributed by atoms with van der Waals surface area (Å²) in [6.45, 7) is 2.85. The summed E-state index contributed by atoms with van der Waals surface area (Å²) in [7, 11) is 0. The number of carbonyl (C=O) groups excluding carboxylic acids is 2. The van der Waals surface area contributed by atoms with E-state index in [-0.39, 0.29) is 17.7 Å². The molecule has 1 atom stereocenters. The van der Waals surface area contributed by atoms with Crippen LogP contribution in [0.5, 0.6) is 0 Å². The Bertz CT molecular complexity index is 522. The van der Waals surface area contributed by atoms with E-state index in [1.807, 2.05) is 17.0 Å². The summed E-state index contributed by atoms with van der Waals surface area (Å²) < 4.78 is 0.927. The summed E-state index contributed by atoms with van der Waals surface area (Å²) >= 11 is 3.33. The van der Waals surface area contributed by atoms with E-state index >= 15 is 0 Å². The summed E-state index contributed by atoms with van der Waals surface area (Å²) in [5.74, 6) is -0.210. The lowest BCUT2D eigenvalue weighted by Crippen LogP contribution is -2.41. The number of halogens is 1. The number of hydrogen-bond acceptors (Lipinski definition) is 2. The van der Waals surface area contributed by atoms with Gasteiger partial charge in [-0.05, 0) is 56.5 Å². The van der Waals surface area contributed by atoms with Crippen LogP contribution in [0.2, 0.25) is 0 Å². The Kier molecular flexibility index (Phi) is 5.12. The molecule has 1 unspecified atom stereocenters. The van der Waals surface area contributed by atoms with Crippen molar-refractivity contribution in [3.8, 4) is 0 Å². The van der Waals surface area contributed by atoms with Crippen molar-refractivity contribution < 1.29 is 9.59 Å². The van der Waals surface area contributed by atoms with E-state index in [1.165, 1.54) is 18.6 Å². The highest BCUT2D eigenvalue weighted by Crippen LogP contribution is 2.17. The maximum atomic E-state index is 12.1. The zero-order valence-corrected chi connectivity index (χ0v) is 13.1. The van der Waals surface area contributed by atoms with Crippen LogP contribution < -0.4 is 0 Å². The molecule has 0 N–H and O–H groups in total. The highest BCUT2D eigenvalue weighted by atomic mass is 79.9.